The van der Waals surface area contributed by atoms with E-state index < -0.39 is 0 Å². The third-order valence-corrected chi connectivity index (χ3v) is 5.92. The van der Waals surface area contributed by atoms with E-state index in [1.54, 1.807) is 12.1 Å². The average Bonchev–Trinajstić information content (AvgIpc) is 3.38. The summed E-state index contributed by atoms with van der Waals surface area (Å²) in [4.78, 5) is 11.8. The molecular formula is C25H19ClFN3O. The van der Waals surface area contributed by atoms with Gasteiger partial charge in [0.15, 0.2) is 0 Å². The molecule has 31 heavy (non-hydrogen) atoms. The van der Waals surface area contributed by atoms with Gasteiger partial charge in [0.2, 0.25) is 6.41 Å². The zero-order chi connectivity index (χ0) is 21.4. The van der Waals surface area contributed by atoms with Crippen LogP contribution in [0.3, 0.4) is 0 Å². The number of rotatable bonds is 5. The van der Waals surface area contributed by atoms with E-state index in [2.05, 4.69) is 28.0 Å². The number of carbonyl (C=O) groups is 1. The van der Waals surface area contributed by atoms with Crippen LogP contribution < -0.4 is 0 Å². The molecule has 0 aliphatic carbocycles. The molecule has 0 saturated carbocycles. The van der Waals surface area contributed by atoms with Crippen molar-refractivity contribution in [2.45, 2.75) is 19.0 Å². The maximum atomic E-state index is 13.3. The first-order valence-electron chi connectivity index (χ1n) is 10.0. The number of fused-ring (bicyclic) bond motifs is 1. The Balaban J connectivity index is 1.52. The minimum Gasteiger partial charge on any atom is -0.343 e. The molecule has 2 heterocycles. The standard InChI is InChI=1S/C25H19ClFN3O/c26-19-9-5-17(6-10-19)14-29-15-22(21-3-1-2-4-24(21)29)25-13-23(28-30(25)16-31)18-7-11-20(27)12-8-18/h1-12,15-16,25H,13-14H2. The molecule has 0 fully saturated rings. The van der Waals surface area contributed by atoms with Gasteiger partial charge in [0.05, 0.1) is 11.8 Å². The highest BCUT2D eigenvalue weighted by Crippen LogP contribution is 2.37. The van der Waals surface area contributed by atoms with Gasteiger partial charge in [-0.2, -0.15) is 5.10 Å². The number of hydrazone groups is 1. The second-order valence-corrected chi connectivity index (χ2v) is 8.05. The van der Waals surface area contributed by atoms with E-state index >= 15 is 0 Å². The van der Waals surface area contributed by atoms with Gasteiger partial charge in [-0.05, 0) is 41.5 Å². The van der Waals surface area contributed by atoms with Gasteiger partial charge in [0.25, 0.3) is 0 Å². The Kier molecular flexibility index (Phi) is 5.04. The van der Waals surface area contributed by atoms with Gasteiger partial charge in [-0.3, -0.25) is 4.79 Å². The highest BCUT2D eigenvalue weighted by molar-refractivity contribution is 6.30. The van der Waals surface area contributed by atoms with Gasteiger partial charge >= 0.3 is 0 Å². The van der Waals surface area contributed by atoms with Crippen LogP contribution in [0.5, 0.6) is 0 Å². The van der Waals surface area contributed by atoms with Crippen LogP contribution in [-0.4, -0.2) is 21.7 Å². The number of aromatic nitrogens is 1. The van der Waals surface area contributed by atoms with E-state index in [9.17, 15) is 9.18 Å². The van der Waals surface area contributed by atoms with E-state index in [4.69, 9.17) is 11.6 Å². The second kappa shape index (κ2) is 8.00. The molecule has 0 N–H and O–H groups in total. The van der Waals surface area contributed by atoms with E-state index in [-0.39, 0.29) is 11.9 Å². The number of nitrogens with zero attached hydrogens (tertiary/aromatic N) is 3. The van der Waals surface area contributed by atoms with E-state index in [0.717, 1.165) is 39.7 Å². The Morgan fingerprint density at radius 3 is 2.52 bits per heavy atom. The summed E-state index contributed by atoms with van der Waals surface area (Å²) in [6.07, 6.45) is 3.43. The van der Waals surface area contributed by atoms with Crippen molar-refractivity contribution >= 4 is 34.6 Å². The summed E-state index contributed by atoms with van der Waals surface area (Å²) in [7, 11) is 0. The molecule has 0 bridgehead atoms. The van der Waals surface area contributed by atoms with Crippen LogP contribution in [0.2, 0.25) is 5.02 Å². The summed E-state index contributed by atoms with van der Waals surface area (Å²) in [5.74, 6) is -0.295. The summed E-state index contributed by atoms with van der Waals surface area (Å²) >= 11 is 6.03. The molecule has 1 amide bonds. The largest absolute Gasteiger partial charge is 0.343 e. The molecular weight excluding hydrogens is 413 g/mol. The van der Waals surface area contributed by atoms with Gasteiger partial charge in [0, 0.05) is 40.7 Å². The van der Waals surface area contributed by atoms with Gasteiger partial charge in [0.1, 0.15) is 5.82 Å². The van der Waals surface area contributed by atoms with Gasteiger partial charge < -0.3 is 4.57 Å². The maximum Gasteiger partial charge on any atom is 0.230 e. The minimum absolute atomic E-state index is 0.214. The van der Waals surface area contributed by atoms with Crippen LogP contribution in [0.1, 0.15) is 29.2 Å². The lowest BCUT2D eigenvalue weighted by Crippen LogP contribution is -2.17. The number of benzene rings is 3. The maximum absolute atomic E-state index is 13.3. The Bertz CT molecular complexity index is 1280. The lowest BCUT2D eigenvalue weighted by molar-refractivity contribution is -0.119. The Hall–Kier alpha value is -3.44. The molecule has 1 aliphatic heterocycles. The molecule has 0 spiro atoms. The molecule has 1 unspecified atom stereocenters. The quantitative estimate of drug-likeness (QED) is 0.368. The number of hydrogen-bond acceptors (Lipinski definition) is 2. The number of para-hydroxylation sites is 1. The highest BCUT2D eigenvalue weighted by atomic mass is 35.5. The zero-order valence-electron chi connectivity index (χ0n) is 16.6. The number of carbonyl (C=O) groups excluding carboxylic acids is 1. The molecule has 1 aliphatic rings. The highest BCUT2D eigenvalue weighted by Gasteiger charge is 2.31. The molecule has 154 valence electrons. The summed E-state index contributed by atoms with van der Waals surface area (Å²) in [6, 6.07) is 22.0. The Morgan fingerprint density at radius 1 is 1.03 bits per heavy atom. The van der Waals surface area contributed by atoms with Crippen molar-refractivity contribution in [1.82, 2.24) is 9.58 Å². The lowest BCUT2D eigenvalue weighted by atomic mass is 9.98. The van der Waals surface area contributed by atoms with Crippen LogP contribution in [0, 0.1) is 5.82 Å². The van der Waals surface area contributed by atoms with Crippen LogP contribution in [0.4, 0.5) is 4.39 Å². The first-order valence-corrected chi connectivity index (χ1v) is 10.4. The van der Waals surface area contributed by atoms with Crippen LogP contribution in [0.15, 0.2) is 84.1 Å². The zero-order valence-corrected chi connectivity index (χ0v) is 17.3. The predicted octanol–water partition coefficient (Wildman–Crippen LogP) is 5.79. The molecule has 0 radical (unpaired) electrons. The molecule has 4 aromatic rings. The third-order valence-electron chi connectivity index (χ3n) is 5.67. The van der Waals surface area contributed by atoms with Crippen molar-refractivity contribution in [3.63, 3.8) is 0 Å². The van der Waals surface area contributed by atoms with Gasteiger partial charge in [-0.15, -0.1) is 0 Å². The van der Waals surface area contributed by atoms with E-state index in [1.807, 2.05) is 36.4 Å². The van der Waals surface area contributed by atoms with Crippen LogP contribution >= 0.6 is 11.6 Å². The predicted molar refractivity (Wildman–Crippen MR) is 121 cm³/mol. The molecule has 0 saturated heterocycles. The first kappa shape index (κ1) is 19.5. The number of halogens is 2. The normalized spacial score (nSPS) is 16.0. The fraction of sp³-hybridized carbons (Fsp3) is 0.120. The van der Waals surface area contributed by atoms with Crippen molar-refractivity contribution in [2.75, 3.05) is 0 Å². The molecule has 1 atom stereocenters. The van der Waals surface area contributed by atoms with Crippen molar-refractivity contribution in [3.8, 4) is 0 Å². The van der Waals surface area contributed by atoms with Gasteiger partial charge in [-0.1, -0.05) is 54.1 Å². The topological polar surface area (TPSA) is 37.6 Å². The lowest BCUT2D eigenvalue weighted by Gasteiger charge is -2.16. The van der Waals surface area contributed by atoms with Crippen molar-refractivity contribution in [1.29, 1.82) is 0 Å². The fourth-order valence-electron chi connectivity index (χ4n) is 4.15. The molecule has 5 rings (SSSR count). The fourth-order valence-corrected chi connectivity index (χ4v) is 4.28. The SMILES string of the molecule is O=CN1N=C(c2ccc(F)cc2)CC1c1cn(Cc2ccc(Cl)cc2)c2ccccc12. The third kappa shape index (κ3) is 3.73. The van der Waals surface area contributed by atoms with Gasteiger partial charge in [-0.25, -0.2) is 9.40 Å². The number of hydrogen-bond donors (Lipinski definition) is 0. The summed E-state index contributed by atoms with van der Waals surface area (Å²) in [5.41, 5.74) is 4.86. The van der Waals surface area contributed by atoms with Crippen LogP contribution in [-0.2, 0) is 11.3 Å². The Labute approximate surface area is 184 Å². The summed E-state index contributed by atoms with van der Waals surface area (Å²) in [6.45, 7) is 0.692. The Morgan fingerprint density at radius 2 is 1.77 bits per heavy atom. The van der Waals surface area contributed by atoms with E-state index in [1.165, 1.54) is 17.1 Å². The van der Waals surface area contributed by atoms with Crippen molar-refractivity contribution in [3.05, 3.63) is 107 Å². The second-order valence-electron chi connectivity index (χ2n) is 7.61. The smallest absolute Gasteiger partial charge is 0.230 e. The monoisotopic (exact) mass is 431 g/mol. The molecule has 1 aromatic heterocycles. The van der Waals surface area contributed by atoms with Crippen LogP contribution in [0.25, 0.3) is 10.9 Å². The minimum atomic E-state index is -0.295. The summed E-state index contributed by atoms with van der Waals surface area (Å²) < 4.78 is 15.5. The average molecular weight is 432 g/mol. The molecule has 4 nitrogen and oxygen atoms in total. The summed E-state index contributed by atoms with van der Waals surface area (Å²) in [5, 5.41) is 7.77. The van der Waals surface area contributed by atoms with E-state index in [0.29, 0.717) is 18.0 Å². The molecule has 6 heteroatoms. The molecule has 3 aromatic carbocycles. The van der Waals surface area contributed by atoms with Crippen molar-refractivity contribution in [2.24, 2.45) is 5.10 Å². The van der Waals surface area contributed by atoms with Crippen molar-refractivity contribution < 1.29 is 9.18 Å². The first-order chi connectivity index (χ1) is 15.1. The number of amides is 1.